The van der Waals surface area contributed by atoms with E-state index in [1.165, 1.54) is 0 Å². The van der Waals surface area contributed by atoms with Gasteiger partial charge < -0.3 is 5.32 Å². The van der Waals surface area contributed by atoms with Gasteiger partial charge in [-0.2, -0.15) is 0 Å². The Labute approximate surface area is 107 Å². The molecular formula is C9H7Cl4NO. The van der Waals surface area contributed by atoms with Crippen LogP contribution in [0, 0.1) is 6.92 Å². The molecule has 0 aromatic heterocycles. The topological polar surface area (TPSA) is 29.1 Å². The van der Waals surface area contributed by atoms with E-state index in [2.05, 4.69) is 5.32 Å². The van der Waals surface area contributed by atoms with E-state index in [-0.39, 0.29) is 0 Å². The van der Waals surface area contributed by atoms with Crippen molar-refractivity contribution >= 4 is 58.0 Å². The van der Waals surface area contributed by atoms with Crippen molar-refractivity contribution in [1.29, 1.82) is 0 Å². The highest BCUT2D eigenvalue weighted by Crippen LogP contribution is 2.31. The van der Waals surface area contributed by atoms with Gasteiger partial charge in [-0.3, -0.25) is 4.79 Å². The maximum absolute atomic E-state index is 11.4. The molecule has 0 fully saturated rings. The third-order valence-corrected chi connectivity index (χ3v) is 2.55. The first-order valence-electron chi connectivity index (χ1n) is 3.95. The zero-order valence-corrected chi connectivity index (χ0v) is 10.7. The van der Waals surface area contributed by atoms with Gasteiger partial charge in [0, 0.05) is 0 Å². The average Bonchev–Trinajstić information content (AvgIpc) is 2.09. The third kappa shape index (κ3) is 3.42. The standard InChI is InChI=1S/C9H7Cl4NO/c1-5-3-2-4-6(10)7(5)14-8(15)9(11,12)13/h2-4H,1H3,(H,14,15). The summed E-state index contributed by atoms with van der Waals surface area (Å²) in [5.74, 6) is -0.733. The Hall–Kier alpha value is -0.150. The Kier molecular flexibility index (Phi) is 4.13. The van der Waals surface area contributed by atoms with Crippen LogP contribution in [0.25, 0.3) is 0 Å². The minimum Gasteiger partial charge on any atom is -0.321 e. The van der Waals surface area contributed by atoms with E-state index in [4.69, 9.17) is 46.4 Å². The molecule has 6 heteroatoms. The van der Waals surface area contributed by atoms with Crippen LogP contribution in [0.2, 0.25) is 5.02 Å². The maximum atomic E-state index is 11.4. The molecule has 0 unspecified atom stereocenters. The smallest absolute Gasteiger partial charge is 0.276 e. The lowest BCUT2D eigenvalue weighted by atomic mass is 10.2. The second-order valence-corrected chi connectivity index (χ2v) is 5.57. The van der Waals surface area contributed by atoms with Gasteiger partial charge in [0.1, 0.15) is 0 Å². The second kappa shape index (κ2) is 4.79. The van der Waals surface area contributed by atoms with Crippen LogP contribution in [0.15, 0.2) is 18.2 Å². The van der Waals surface area contributed by atoms with Crippen LogP contribution in [-0.4, -0.2) is 9.70 Å². The number of carbonyl (C=O) groups is 1. The molecule has 0 aliphatic rings. The number of alkyl halides is 3. The van der Waals surface area contributed by atoms with Crippen molar-refractivity contribution in [3.05, 3.63) is 28.8 Å². The van der Waals surface area contributed by atoms with Gasteiger partial charge in [-0.05, 0) is 18.6 Å². The number of halogens is 4. The van der Waals surface area contributed by atoms with Gasteiger partial charge in [-0.1, -0.05) is 58.5 Å². The predicted octanol–water partition coefficient (Wildman–Crippen LogP) is 3.96. The monoisotopic (exact) mass is 285 g/mol. The molecule has 0 heterocycles. The number of benzene rings is 1. The first kappa shape index (κ1) is 12.9. The SMILES string of the molecule is Cc1cccc(Cl)c1NC(=O)C(Cl)(Cl)Cl. The molecule has 0 spiro atoms. The number of hydrogen-bond acceptors (Lipinski definition) is 1. The van der Waals surface area contributed by atoms with E-state index < -0.39 is 9.70 Å². The maximum Gasteiger partial charge on any atom is 0.276 e. The van der Waals surface area contributed by atoms with Crippen LogP contribution in [0.3, 0.4) is 0 Å². The molecule has 1 rings (SSSR count). The number of hydrogen-bond donors (Lipinski definition) is 1. The molecule has 15 heavy (non-hydrogen) atoms. The zero-order valence-electron chi connectivity index (χ0n) is 7.65. The summed E-state index contributed by atoms with van der Waals surface area (Å²) in [4.78, 5) is 11.4. The molecular weight excluding hydrogens is 280 g/mol. The van der Waals surface area contributed by atoms with Crippen molar-refractivity contribution in [1.82, 2.24) is 0 Å². The molecule has 0 atom stereocenters. The Morgan fingerprint density at radius 3 is 2.40 bits per heavy atom. The quantitative estimate of drug-likeness (QED) is 0.778. The number of rotatable bonds is 1. The van der Waals surface area contributed by atoms with Crippen LogP contribution < -0.4 is 5.32 Å². The van der Waals surface area contributed by atoms with Gasteiger partial charge in [0.25, 0.3) is 9.70 Å². The van der Waals surface area contributed by atoms with Crippen molar-refractivity contribution in [2.75, 3.05) is 5.32 Å². The van der Waals surface area contributed by atoms with Crippen LogP contribution in [0.4, 0.5) is 5.69 Å². The third-order valence-electron chi connectivity index (χ3n) is 1.72. The summed E-state index contributed by atoms with van der Waals surface area (Å²) >= 11 is 22.1. The van der Waals surface area contributed by atoms with Crippen molar-refractivity contribution in [3.8, 4) is 0 Å². The Balaban J connectivity index is 2.95. The first-order chi connectivity index (χ1) is 6.82. The molecule has 1 amide bonds. The summed E-state index contributed by atoms with van der Waals surface area (Å²) in [5.41, 5.74) is 1.25. The molecule has 1 aromatic rings. The van der Waals surface area contributed by atoms with Gasteiger partial charge in [0.2, 0.25) is 0 Å². The first-order valence-corrected chi connectivity index (χ1v) is 5.47. The summed E-state index contributed by atoms with van der Waals surface area (Å²) in [7, 11) is 0. The number of anilines is 1. The fourth-order valence-corrected chi connectivity index (χ4v) is 1.39. The van der Waals surface area contributed by atoms with Crippen LogP contribution in [-0.2, 0) is 4.79 Å². The highest BCUT2D eigenvalue weighted by Gasteiger charge is 2.31. The minimum absolute atomic E-state index is 0.401. The molecule has 1 aromatic carbocycles. The van der Waals surface area contributed by atoms with Crippen LogP contribution in [0.1, 0.15) is 5.56 Å². The van der Waals surface area contributed by atoms with Crippen molar-refractivity contribution in [2.24, 2.45) is 0 Å². The number of nitrogens with one attached hydrogen (secondary N) is 1. The summed E-state index contributed by atoms with van der Waals surface area (Å²) in [6.07, 6.45) is 0. The highest BCUT2D eigenvalue weighted by molar-refractivity contribution is 6.76. The van der Waals surface area contributed by atoms with Crippen molar-refractivity contribution in [2.45, 2.75) is 10.7 Å². The summed E-state index contributed by atoms with van der Waals surface area (Å²) < 4.78 is -1.99. The predicted molar refractivity (Wildman–Crippen MR) is 65.1 cm³/mol. The number of amides is 1. The largest absolute Gasteiger partial charge is 0.321 e. The fourth-order valence-electron chi connectivity index (χ4n) is 0.975. The van der Waals surface area contributed by atoms with Gasteiger partial charge in [-0.25, -0.2) is 0 Å². The van der Waals surface area contributed by atoms with Gasteiger partial charge in [-0.15, -0.1) is 0 Å². The number of para-hydroxylation sites is 1. The summed E-state index contributed by atoms with van der Waals surface area (Å²) in [5, 5.41) is 2.85. The van der Waals surface area contributed by atoms with E-state index in [1.54, 1.807) is 25.1 Å². The van der Waals surface area contributed by atoms with E-state index >= 15 is 0 Å². The molecule has 0 aliphatic carbocycles. The van der Waals surface area contributed by atoms with Gasteiger partial charge in [0.05, 0.1) is 10.7 Å². The molecule has 0 aliphatic heterocycles. The van der Waals surface area contributed by atoms with Crippen molar-refractivity contribution in [3.63, 3.8) is 0 Å². The lowest BCUT2D eigenvalue weighted by molar-refractivity contribution is -0.115. The van der Waals surface area contributed by atoms with E-state index in [1.807, 2.05) is 0 Å². The Morgan fingerprint density at radius 1 is 1.33 bits per heavy atom. The second-order valence-electron chi connectivity index (χ2n) is 2.88. The molecule has 0 radical (unpaired) electrons. The van der Waals surface area contributed by atoms with Crippen LogP contribution in [0.5, 0.6) is 0 Å². The number of aryl methyl sites for hydroxylation is 1. The molecule has 0 saturated carbocycles. The molecule has 82 valence electrons. The normalized spacial score (nSPS) is 11.3. The molecule has 1 N–H and O–H groups in total. The summed E-state index contributed by atoms with van der Waals surface area (Å²) in [6, 6.07) is 5.20. The van der Waals surface area contributed by atoms with Gasteiger partial charge >= 0.3 is 0 Å². The van der Waals surface area contributed by atoms with Crippen LogP contribution >= 0.6 is 46.4 Å². The van der Waals surface area contributed by atoms with E-state index in [9.17, 15) is 4.79 Å². The zero-order chi connectivity index (χ0) is 11.6. The lowest BCUT2D eigenvalue weighted by Gasteiger charge is -2.14. The molecule has 0 saturated heterocycles. The minimum atomic E-state index is -1.99. The van der Waals surface area contributed by atoms with Crippen molar-refractivity contribution < 1.29 is 4.79 Å². The molecule has 2 nitrogen and oxygen atoms in total. The summed E-state index contributed by atoms with van der Waals surface area (Å²) in [6.45, 7) is 1.79. The number of carbonyl (C=O) groups excluding carboxylic acids is 1. The highest BCUT2D eigenvalue weighted by atomic mass is 35.6. The van der Waals surface area contributed by atoms with E-state index in [0.29, 0.717) is 10.7 Å². The van der Waals surface area contributed by atoms with Gasteiger partial charge in [0.15, 0.2) is 0 Å². The average molecular weight is 287 g/mol. The lowest BCUT2D eigenvalue weighted by Crippen LogP contribution is -2.27. The Bertz CT molecular complexity index is 366. The Morgan fingerprint density at radius 2 is 1.93 bits per heavy atom. The fraction of sp³-hybridized carbons (Fsp3) is 0.222. The van der Waals surface area contributed by atoms with E-state index in [0.717, 1.165) is 5.56 Å². The molecule has 0 bridgehead atoms.